The lowest BCUT2D eigenvalue weighted by molar-refractivity contribution is -0.120. The predicted molar refractivity (Wildman–Crippen MR) is 112 cm³/mol. The van der Waals surface area contributed by atoms with Gasteiger partial charge < -0.3 is 15.2 Å². The number of benzene rings is 2. The van der Waals surface area contributed by atoms with Crippen molar-refractivity contribution >= 4 is 18.0 Å². The number of hydrogen-bond donors (Lipinski definition) is 3. The van der Waals surface area contributed by atoms with Crippen molar-refractivity contribution in [3.05, 3.63) is 71.6 Å². The minimum Gasteiger partial charge on any atom is -0.504 e. The van der Waals surface area contributed by atoms with Gasteiger partial charge in [0.15, 0.2) is 11.5 Å². The molecule has 0 aromatic heterocycles. The average molecular weight is 413 g/mol. The van der Waals surface area contributed by atoms with Gasteiger partial charge in [-0.25, -0.2) is 9.82 Å². The summed E-state index contributed by atoms with van der Waals surface area (Å²) in [5.41, 5.74) is 3.53. The van der Waals surface area contributed by atoms with Crippen LogP contribution in [0.4, 0.5) is 4.39 Å². The first-order chi connectivity index (χ1) is 14.5. The van der Waals surface area contributed by atoms with Crippen molar-refractivity contribution in [2.45, 2.75) is 19.8 Å². The number of hydrogen-bond acceptors (Lipinski definition) is 5. The monoisotopic (exact) mass is 413 g/mol. The molecule has 3 N–H and O–H groups in total. The molecule has 0 aliphatic carbocycles. The maximum Gasteiger partial charge on any atom is 0.254 e. The molecule has 0 heterocycles. The first-order valence-electron chi connectivity index (χ1n) is 9.40. The molecule has 0 radical (unpaired) electrons. The number of phenolic OH excluding ortho intramolecular Hbond substituents is 1. The Morgan fingerprint density at radius 2 is 2.07 bits per heavy atom. The number of nitrogens with one attached hydrogen (secondary N) is 2. The third kappa shape index (κ3) is 6.44. The Bertz CT molecular complexity index is 944. The fourth-order valence-electron chi connectivity index (χ4n) is 2.61. The average Bonchev–Trinajstić information content (AvgIpc) is 2.72. The van der Waals surface area contributed by atoms with E-state index < -0.39 is 17.6 Å². The molecule has 0 bridgehead atoms. The van der Waals surface area contributed by atoms with Crippen LogP contribution in [0.3, 0.4) is 0 Å². The van der Waals surface area contributed by atoms with Gasteiger partial charge in [-0.05, 0) is 43.2 Å². The molecule has 0 fully saturated rings. The van der Waals surface area contributed by atoms with E-state index in [-0.39, 0.29) is 24.3 Å². The lowest BCUT2D eigenvalue weighted by Gasteiger charge is -2.10. The van der Waals surface area contributed by atoms with Gasteiger partial charge in [0.1, 0.15) is 5.82 Å². The molecule has 0 spiro atoms. The molecule has 0 aliphatic heterocycles. The van der Waals surface area contributed by atoms with Gasteiger partial charge in [-0.15, -0.1) is 6.58 Å². The van der Waals surface area contributed by atoms with Crippen LogP contribution < -0.4 is 15.5 Å². The Morgan fingerprint density at radius 3 is 2.77 bits per heavy atom. The smallest absolute Gasteiger partial charge is 0.254 e. The summed E-state index contributed by atoms with van der Waals surface area (Å²) in [6.45, 7) is 5.88. The molecule has 2 amide bonds. The van der Waals surface area contributed by atoms with Gasteiger partial charge in [0.05, 0.1) is 18.4 Å². The SMILES string of the molecule is C=CCc1cc(C=NNC(=O)CCNC(=O)c2ccccc2F)cc(OCC)c1O. The molecule has 8 heteroatoms. The highest BCUT2D eigenvalue weighted by atomic mass is 19.1. The Balaban J connectivity index is 1.89. The summed E-state index contributed by atoms with van der Waals surface area (Å²) in [5.74, 6) is -1.27. The second kappa shape index (κ2) is 11.4. The summed E-state index contributed by atoms with van der Waals surface area (Å²) in [4.78, 5) is 23.8. The molecule has 2 aromatic rings. The molecule has 30 heavy (non-hydrogen) atoms. The number of hydrazone groups is 1. The zero-order chi connectivity index (χ0) is 21.9. The van der Waals surface area contributed by atoms with E-state index in [2.05, 4.69) is 22.4 Å². The Labute approximate surface area is 174 Å². The third-order valence-electron chi connectivity index (χ3n) is 4.00. The molecule has 2 aromatic carbocycles. The summed E-state index contributed by atoms with van der Waals surface area (Å²) in [6, 6.07) is 8.92. The van der Waals surface area contributed by atoms with Crippen LogP contribution in [0.5, 0.6) is 11.5 Å². The van der Waals surface area contributed by atoms with Crippen LogP contribution in [-0.2, 0) is 11.2 Å². The standard InChI is InChI=1S/C22H24FN3O4/c1-3-7-16-12-15(13-19(21(16)28)30-4-2)14-25-26-20(27)10-11-24-22(29)17-8-5-6-9-18(17)23/h3,5-6,8-9,12-14,28H,1,4,7,10-11H2,2H3,(H,24,29)(H,26,27). The zero-order valence-corrected chi connectivity index (χ0v) is 16.7. The topological polar surface area (TPSA) is 100 Å². The van der Waals surface area contributed by atoms with E-state index in [0.717, 1.165) is 0 Å². The maximum absolute atomic E-state index is 13.5. The minimum atomic E-state index is -0.625. The van der Waals surface area contributed by atoms with Crippen LogP contribution in [0, 0.1) is 5.82 Å². The van der Waals surface area contributed by atoms with Crippen LogP contribution in [0.2, 0.25) is 0 Å². The van der Waals surface area contributed by atoms with Gasteiger partial charge >= 0.3 is 0 Å². The van der Waals surface area contributed by atoms with Crippen molar-refractivity contribution in [1.82, 2.24) is 10.7 Å². The van der Waals surface area contributed by atoms with Crippen molar-refractivity contribution in [2.24, 2.45) is 5.10 Å². The molecule has 0 unspecified atom stereocenters. The first-order valence-corrected chi connectivity index (χ1v) is 9.40. The number of allylic oxidation sites excluding steroid dienone is 1. The Morgan fingerprint density at radius 1 is 1.30 bits per heavy atom. The summed E-state index contributed by atoms with van der Waals surface area (Å²) in [6.07, 6.45) is 3.49. The van der Waals surface area contributed by atoms with Crippen molar-refractivity contribution in [3.63, 3.8) is 0 Å². The number of aromatic hydroxyl groups is 1. The number of amides is 2. The Kier molecular flexibility index (Phi) is 8.56. The van der Waals surface area contributed by atoms with Gasteiger partial charge in [-0.2, -0.15) is 5.10 Å². The van der Waals surface area contributed by atoms with Gasteiger partial charge in [0.2, 0.25) is 5.91 Å². The van der Waals surface area contributed by atoms with Gasteiger partial charge in [-0.1, -0.05) is 18.2 Å². The number of halogens is 1. The molecule has 2 rings (SSSR count). The highest BCUT2D eigenvalue weighted by Gasteiger charge is 2.11. The quantitative estimate of drug-likeness (QED) is 0.317. The van der Waals surface area contributed by atoms with E-state index in [1.54, 1.807) is 31.2 Å². The minimum absolute atomic E-state index is 0.0287. The van der Waals surface area contributed by atoms with Gasteiger partial charge in [0.25, 0.3) is 5.91 Å². The van der Waals surface area contributed by atoms with Crippen LogP contribution in [0.15, 0.2) is 54.2 Å². The van der Waals surface area contributed by atoms with Crippen molar-refractivity contribution in [2.75, 3.05) is 13.2 Å². The van der Waals surface area contributed by atoms with Crippen LogP contribution >= 0.6 is 0 Å². The van der Waals surface area contributed by atoms with Crippen LogP contribution in [-0.4, -0.2) is 36.3 Å². The van der Waals surface area contributed by atoms with Crippen molar-refractivity contribution in [3.8, 4) is 11.5 Å². The van der Waals surface area contributed by atoms with Gasteiger partial charge in [0, 0.05) is 18.5 Å². The van der Waals surface area contributed by atoms with Crippen LogP contribution in [0.25, 0.3) is 0 Å². The summed E-state index contributed by atoms with van der Waals surface area (Å²) < 4.78 is 19.0. The van der Waals surface area contributed by atoms with E-state index in [4.69, 9.17) is 4.74 Å². The lowest BCUT2D eigenvalue weighted by atomic mass is 10.1. The summed E-state index contributed by atoms with van der Waals surface area (Å²) >= 11 is 0. The fraction of sp³-hybridized carbons (Fsp3) is 0.227. The second-order valence-corrected chi connectivity index (χ2v) is 6.23. The van der Waals surface area contributed by atoms with E-state index in [1.807, 2.05) is 0 Å². The maximum atomic E-state index is 13.5. The Hall–Kier alpha value is -3.68. The molecule has 0 saturated heterocycles. The number of ether oxygens (including phenoxy) is 1. The molecule has 0 saturated carbocycles. The third-order valence-corrected chi connectivity index (χ3v) is 4.00. The summed E-state index contributed by atoms with van der Waals surface area (Å²) in [5, 5.41) is 16.6. The van der Waals surface area contributed by atoms with Crippen LogP contribution in [0.1, 0.15) is 34.8 Å². The largest absolute Gasteiger partial charge is 0.504 e. The van der Waals surface area contributed by atoms with E-state index in [0.29, 0.717) is 29.9 Å². The molecular weight excluding hydrogens is 389 g/mol. The molecule has 0 atom stereocenters. The highest BCUT2D eigenvalue weighted by molar-refractivity contribution is 5.94. The highest BCUT2D eigenvalue weighted by Crippen LogP contribution is 2.31. The molecular formula is C22H24FN3O4. The number of phenols is 1. The second-order valence-electron chi connectivity index (χ2n) is 6.23. The van der Waals surface area contributed by atoms with E-state index in [1.165, 1.54) is 24.4 Å². The zero-order valence-electron chi connectivity index (χ0n) is 16.7. The first kappa shape index (κ1) is 22.6. The molecule has 0 aliphatic rings. The number of nitrogens with zero attached hydrogens (tertiary/aromatic N) is 1. The number of carbonyl (C=O) groups is 2. The van der Waals surface area contributed by atoms with Gasteiger partial charge in [-0.3, -0.25) is 9.59 Å². The number of rotatable bonds is 10. The fourth-order valence-corrected chi connectivity index (χ4v) is 2.61. The predicted octanol–water partition coefficient (Wildman–Crippen LogP) is 2.93. The molecule has 158 valence electrons. The summed E-state index contributed by atoms with van der Waals surface area (Å²) in [7, 11) is 0. The lowest BCUT2D eigenvalue weighted by Crippen LogP contribution is -2.29. The number of carbonyl (C=O) groups excluding carboxylic acids is 2. The van der Waals surface area contributed by atoms with E-state index >= 15 is 0 Å². The normalized spacial score (nSPS) is 10.6. The van der Waals surface area contributed by atoms with Crippen molar-refractivity contribution in [1.29, 1.82) is 0 Å². The molecule has 7 nitrogen and oxygen atoms in total. The van der Waals surface area contributed by atoms with E-state index in [9.17, 15) is 19.1 Å². The van der Waals surface area contributed by atoms with Crippen molar-refractivity contribution < 1.29 is 23.8 Å².